The molecule has 0 saturated heterocycles. The summed E-state index contributed by atoms with van der Waals surface area (Å²) in [5.74, 6) is 1.92. The average molecular weight is 384 g/mol. The Kier molecular flexibility index (Phi) is 6.44. The van der Waals surface area contributed by atoms with Crippen molar-refractivity contribution in [2.75, 3.05) is 20.6 Å². The molecule has 0 radical (unpaired) electrons. The number of benzene rings is 2. The van der Waals surface area contributed by atoms with E-state index in [9.17, 15) is 0 Å². The summed E-state index contributed by atoms with van der Waals surface area (Å²) in [7, 11) is 3.78. The van der Waals surface area contributed by atoms with E-state index in [2.05, 4.69) is 37.5 Å². The van der Waals surface area contributed by atoms with Gasteiger partial charge in [0.15, 0.2) is 5.96 Å². The first-order chi connectivity index (χ1) is 13.2. The smallest absolute Gasteiger partial charge is 0.228 e. The fraction of sp³-hybridized carbons (Fsp3) is 0.250. The van der Waals surface area contributed by atoms with Crippen molar-refractivity contribution in [2.45, 2.75) is 13.0 Å². The SMILES string of the molecule is CN=C(NCCc1nc(-c2cccc(Cl)c2)no1)N(C)Cc1ccccc1. The van der Waals surface area contributed by atoms with Crippen LogP contribution in [0.2, 0.25) is 5.02 Å². The summed E-state index contributed by atoms with van der Waals surface area (Å²) in [5.41, 5.74) is 2.06. The van der Waals surface area contributed by atoms with Crippen molar-refractivity contribution >= 4 is 17.6 Å². The summed E-state index contributed by atoms with van der Waals surface area (Å²) in [4.78, 5) is 10.8. The molecule has 2 aromatic carbocycles. The lowest BCUT2D eigenvalue weighted by atomic mass is 10.2. The van der Waals surface area contributed by atoms with Gasteiger partial charge >= 0.3 is 0 Å². The van der Waals surface area contributed by atoms with Crippen LogP contribution in [0.25, 0.3) is 11.4 Å². The zero-order valence-corrected chi connectivity index (χ0v) is 16.1. The van der Waals surface area contributed by atoms with Crippen molar-refractivity contribution in [1.29, 1.82) is 0 Å². The van der Waals surface area contributed by atoms with Crippen LogP contribution in [0.15, 0.2) is 64.1 Å². The Morgan fingerprint density at radius 2 is 2.00 bits per heavy atom. The molecule has 1 N–H and O–H groups in total. The van der Waals surface area contributed by atoms with Crippen LogP contribution in [-0.2, 0) is 13.0 Å². The van der Waals surface area contributed by atoms with Gasteiger partial charge in [0.1, 0.15) is 0 Å². The molecule has 1 heterocycles. The number of hydrogen-bond donors (Lipinski definition) is 1. The summed E-state index contributed by atoms with van der Waals surface area (Å²) in [6.45, 7) is 1.42. The van der Waals surface area contributed by atoms with Crippen LogP contribution in [0.5, 0.6) is 0 Å². The molecule has 0 spiro atoms. The Bertz CT molecular complexity index is 894. The summed E-state index contributed by atoms with van der Waals surface area (Å²) in [6, 6.07) is 17.7. The minimum Gasteiger partial charge on any atom is -0.356 e. The van der Waals surface area contributed by atoms with Crippen LogP contribution < -0.4 is 5.32 Å². The Hall–Kier alpha value is -2.86. The number of rotatable bonds is 6. The average Bonchev–Trinajstić information content (AvgIpc) is 3.15. The second kappa shape index (κ2) is 9.19. The highest BCUT2D eigenvalue weighted by Crippen LogP contribution is 2.19. The molecule has 0 atom stereocenters. The maximum absolute atomic E-state index is 6.01. The van der Waals surface area contributed by atoms with Crippen LogP contribution >= 0.6 is 11.6 Å². The molecule has 140 valence electrons. The standard InChI is InChI=1S/C20H22ClN5O/c1-22-20(26(2)14-15-7-4-3-5-8-15)23-12-11-18-24-19(25-27-18)16-9-6-10-17(21)13-16/h3-10,13H,11-12,14H2,1-2H3,(H,22,23). The third-order valence-electron chi connectivity index (χ3n) is 4.01. The molecule has 3 rings (SSSR count). The number of aliphatic imine (C=N–C) groups is 1. The normalized spacial score (nSPS) is 11.4. The molecule has 0 aliphatic carbocycles. The van der Waals surface area contributed by atoms with E-state index in [1.165, 1.54) is 5.56 Å². The third kappa shape index (κ3) is 5.31. The predicted molar refractivity (Wildman–Crippen MR) is 108 cm³/mol. The number of nitrogens with zero attached hydrogens (tertiary/aromatic N) is 4. The lowest BCUT2D eigenvalue weighted by Gasteiger charge is -2.21. The fourth-order valence-corrected chi connectivity index (χ4v) is 2.89. The number of hydrogen-bond acceptors (Lipinski definition) is 4. The number of aromatic nitrogens is 2. The van der Waals surface area contributed by atoms with Crippen molar-refractivity contribution in [2.24, 2.45) is 4.99 Å². The summed E-state index contributed by atoms with van der Waals surface area (Å²) >= 11 is 6.01. The van der Waals surface area contributed by atoms with Crippen LogP contribution in [0.4, 0.5) is 0 Å². The molecule has 0 fully saturated rings. The Balaban J connectivity index is 1.52. The minimum atomic E-state index is 0.540. The van der Waals surface area contributed by atoms with Gasteiger partial charge in [-0.25, -0.2) is 0 Å². The van der Waals surface area contributed by atoms with E-state index >= 15 is 0 Å². The van der Waals surface area contributed by atoms with E-state index in [0.717, 1.165) is 18.1 Å². The quantitative estimate of drug-likeness (QED) is 0.520. The second-order valence-electron chi connectivity index (χ2n) is 6.09. The summed E-state index contributed by atoms with van der Waals surface area (Å²) < 4.78 is 5.33. The van der Waals surface area contributed by atoms with E-state index in [-0.39, 0.29) is 0 Å². The van der Waals surface area contributed by atoms with Crippen LogP contribution in [-0.4, -0.2) is 41.6 Å². The van der Waals surface area contributed by atoms with Crippen LogP contribution in [0.3, 0.4) is 0 Å². The lowest BCUT2D eigenvalue weighted by molar-refractivity contribution is 0.377. The van der Waals surface area contributed by atoms with E-state index < -0.39 is 0 Å². The Morgan fingerprint density at radius 1 is 1.19 bits per heavy atom. The number of guanidine groups is 1. The second-order valence-corrected chi connectivity index (χ2v) is 6.52. The molecule has 0 amide bonds. The van der Waals surface area contributed by atoms with Crippen molar-refractivity contribution in [3.63, 3.8) is 0 Å². The minimum absolute atomic E-state index is 0.540. The molecule has 1 aromatic heterocycles. The first-order valence-corrected chi connectivity index (χ1v) is 9.08. The monoisotopic (exact) mass is 383 g/mol. The molecule has 27 heavy (non-hydrogen) atoms. The largest absolute Gasteiger partial charge is 0.356 e. The predicted octanol–water partition coefficient (Wildman–Crippen LogP) is 3.64. The molecule has 0 aliphatic rings. The molecule has 3 aromatic rings. The van der Waals surface area contributed by atoms with Gasteiger partial charge in [0, 0.05) is 44.2 Å². The summed E-state index contributed by atoms with van der Waals surface area (Å²) in [5, 5.41) is 7.99. The first-order valence-electron chi connectivity index (χ1n) is 8.70. The van der Waals surface area contributed by atoms with E-state index in [1.54, 1.807) is 7.05 Å². The van der Waals surface area contributed by atoms with E-state index in [1.807, 2.05) is 49.5 Å². The van der Waals surface area contributed by atoms with Gasteiger partial charge in [0.25, 0.3) is 0 Å². The topological polar surface area (TPSA) is 66.5 Å². The van der Waals surface area contributed by atoms with E-state index in [4.69, 9.17) is 16.1 Å². The van der Waals surface area contributed by atoms with Gasteiger partial charge < -0.3 is 14.7 Å². The highest BCUT2D eigenvalue weighted by Gasteiger charge is 2.10. The van der Waals surface area contributed by atoms with Gasteiger partial charge in [-0.05, 0) is 17.7 Å². The van der Waals surface area contributed by atoms with Crippen molar-refractivity contribution in [1.82, 2.24) is 20.4 Å². The fourth-order valence-electron chi connectivity index (χ4n) is 2.70. The third-order valence-corrected chi connectivity index (χ3v) is 4.24. The van der Waals surface area contributed by atoms with Crippen LogP contribution in [0.1, 0.15) is 11.5 Å². The highest BCUT2D eigenvalue weighted by atomic mass is 35.5. The maximum atomic E-state index is 6.01. The Morgan fingerprint density at radius 3 is 2.74 bits per heavy atom. The molecule has 0 saturated carbocycles. The molecular formula is C20H22ClN5O. The van der Waals surface area contributed by atoms with Crippen molar-refractivity contribution in [3.8, 4) is 11.4 Å². The van der Waals surface area contributed by atoms with Gasteiger partial charge in [0.2, 0.25) is 11.7 Å². The number of nitrogens with one attached hydrogen (secondary N) is 1. The van der Waals surface area contributed by atoms with Crippen LogP contribution in [0, 0.1) is 0 Å². The zero-order valence-electron chi connectivity index (χ0n) is 15.4. The Labute approximate surface area is 163 Å². The summed E-state index contributed by atoms with van der Waals surface area (Å²) in [6.07, 6.45) is 0.603. The molecule has 0 unspecified atom stereocenters. The highest BCUT2D eigenvalue weighted by molar-refractivity contribution is 6.30. The van der Waals surface area contributed by atoms with E-state index in [0.29, 0.717) is 29.7 Å². The molecule has 7 heteroatoms. The van der Waals surface area contributed by atoms with Gasteiger partial charge in [-0.15, -0.1) is 0 Å². The van der Waals surface area contributed by atoms with Crippen molar-refractivity contribution < 1.29 is 4.52 Å². The van der Waals surface area contributed by atoms with Gasteiger partial charge in [-0.1, -0.05) is 59.2 Å². The maximum Gasteiger partial charge on any atom is 0.228 e. The number of halogens is 1. The molecule has 6 nitrogen and oxygen atoms in total. The zero-order chi connectivity index (χ0) is 19.1. The van der Waals surface area contributed by atoms with Gasteiger partial charge in [-0.3, -0.25) is 4.99 Å². The molecule has 0 aliphatic heterocycles. The first kappa shape index (κ1) is 18.9. The van der Waals surface area contributed by atoms with Crippen molar-refractivity contribution in [3.05, 3.63) is 71.1 Å². The molecular weight excluding hydrogens is 362 g/mol. The van der Waals surface area contributed by atoms with Gasteiger partial charge in [0.05, 0.1) is 0 Å². The molecule has 0 bridgehead atoms. The van der Waals surface area contributed by atoms with Gasteiger partial charge in [-0.2, -0.15) is 4.98 Å². The lowest BCUT2D eigenvalue weighted by Crippen LogP contribution is -2.39.